The number of ether oxygens (including phenoxy) is 1. The molecule has 1 fully saturated rings. The first-order valence-electron chi connectivity index (χ1n) is 11.4. The lowest BCUT2D eigenvalue weighted by molar-refractivity contribution is -0.116. The quantitative estimate of drug-likeness (QED) is 0.648. The molecule has 1 aliphatic rings. The Morgan fingerprint density at radius 1 is 0.853 bits per heavy atom. The number of carbonyl (C=O) groups excluding carboxylic acids is 4. The monoisotopic (exact) mass is 466 g/mol. The highest BCUT2D eigenvalue weighted by molar-refractivity contribution is 6.09. The molecule has 2 aromatic carbocycles. The predicted octanol–water partition coefficient (Wildman–Crippen LogP) is 3.59. The summed E-state index contributed by atoms with van der Waals surface area (Å²) >= 11 is 0. The van der Waals surface area contributed by atoms with Crippen molar-refractivity contribution in [1.82, 2.24) is 9.80 Å². The van der Waals surface area contributed by atoms with Crippen molar-refractivity contribution < 1.29 is 23.9 Å². The Kier molecular flexibility index (Phi) is 8.61. The lowest BCUT2D eigenvalue weighted by atomic mass is 10.1. The topological polar surface area (TPSA) is 108 Å². The molecule has 180 valence electrons. The molecule has 0 aromatic heterocycles. The molecule has 0 saturated carbocycles. The van der Waals surface area contributed by atoms with E-state index in [9.17, 15) is 19.2 Å². The molecule has 0 aliphatic carbocycles. The van der Waals surface area contributed by atoms with Gasteiger partial charge in [0.05, 0.1) is 17.9 Å². The van der Waals surface area contributed by atoms with Crippen molar-refractivity contribution in [2.45, 2.75) is 26.7 Å². The molecule has 0 spiro atoms. The number of rotatable bonds is 7. The summed E-state index contributed by atoms with van der Waals surface area (Å²) in [5.41, 5.74) is 1.81. The van der Waals surface area contributed by atoms with Gasteiger partial charge in [-0.3, -0.25) is 14.4 Å². The number of amides is 4. The van der Waals surface area contributed by atoms with E-state index >= 15 is 0 Å². The third-order valence-corrected chi connectivity index (χ3v) is 5.41. The van der Waals surface area contributed by atoms with Gasteiger partial charge in [-0.25, -0.2) is 4.79 Å². The van der Waals surface area contributed by atoms with Gasteiger partial charge in [-0.2, -0.15) is 0 Å². The number of para-hydroxylation sites is 1. The van der Waals surface area contributed by atoms with Crippen molar-refractivity contribution in [2.24, 2.45) is 0 Å². The van der Waals surface area contributed by atoms with E-state index < -0.39 is 0 Å². The number of hydrogen-bond donors (Lipinski definition) is 2. The second kappa shape index (κ2) is 11.8. The summed E-state index contributed by atoms with van der Waals surface area (Å²) < 4.78 is 5.02. The molecule has 34 heavy (non-hydrogen) atoms. The minimum atomic E-state index is -0.377. The van der Waals surface area contributed by atoms with Gasteiger partial charge < -0.3 is 25.2 Å². The number of piperazine rings is 1. The van der Waals surface area contributed by atoms with Gasteiger partial charge in [0.1, 0.15) is 0 Å². The molecule has 2 N–H and O–H groups in total. The molecule has 3 rings (SSSR count). The third-order valence-electron chi connectivity index (χ3n) is 5.41. The lowest BCUT2D eigenvalue weighted by Gasteiger charge is -2.34. The molecule has 0 atom stereocenters. The first-order chi connectivity index (χ1) is 16.4. The van der Waals surface area contributed by atoms with Gasteiger partial charge in [-0.05, 0) is 49.7 Å². The summed E-state index contributed by atoms with van der Waals surface area (Å²) in [5, 5.41) is 5.60. The van der Waals surface area contributed by atoms with Crippen LogP contribution in [0.2, 0.25) is 0 Å². The van der Waals surface area contributed by atoms with E-state index in [0.29, 0.717) is 61.7 Å². The summed E-state index contributed by atoms with van der Waals surface area (Å²) in [5.74, 6) is -0.651. The normalized spacial score (nSPS) is 13.2. The smallest absolute Gasteiger partial charge is 0.409 e. The molecule has 1 aliphatic heterocycles. The molecular formula is C25H30N4O5. The van der Waals surface area contributed by atoms with Crippen LogP contribution in [0, 0.1) is 0 Å². The van der Waals surface area contributed by atoms with Crippen LogP contribution in [0.1, 0.15) is 47.4 Å². The Labute approximate surface area is 199 Å². The van der Waals surface area contributed by atoms with Crippen molar-refractivity contribution in [1.29, 1.82) is 0 Å². The van der Waals surface area contributed by atoms with Crippen molar-refractivity contribution in [2.75, 3.05) is 43.4 Å². The van der Waals surface area contributed by atoms with E-state index in [0.717, 1.165) is 6.42 Å². The van der Waals surface area contributed by atoms with E-state index in [1.165, 1.54) is 0 Å². The molecule has 0 radical (unpaired) electrons. The lowest BCUT2D eigenvalue weighted by Crippen LogP contribution is -2.50. The number of nitrogens with zero attached hydrogens (tertiary/aromatic N) is 2. The molecular weight excluding hydrogens is 436 g/mol. The van der Waals surface area contributed by atoms with Gasteiger partial charge in [0.25, 0.3) is 11.8 Å². The van der Waals surface area contributed by atoms with Crippen molar-refractivity contribution in [3.8, 4) is 0 Å². The van der Waals surface area contributed by atoms with Crippen LogP contribution in [0.15, 0.2) is 48.5 Å². The van der Waals surface area contributed by atoms with Gasteiger partial charge >= 0.3 is 6.09 Å². The summed E-state index contributed by atoms with van der Waals surface area (Å²) in [7, 11) is 0. The van der Waals surface area contributed by atoms with E-state index in [1.807, 2.05) is 6.92 Å². The first kappa shape index (κ1) is 24.8. The maximum absolute atomic E-state index is 13.1. The minimum Gasteiger partial charge on any atom is -0.450 e. The Morgan fingerprint density at radius 3 is 2.15 bits per heavy atom. The van der Waals surface area contributed by atoms with Crippen molar-refractivity contribution >= 4 is 35.2 Å². The summed E-state index contributed by atoms with van der Waals surface area (Å²) in [6.45, 7) is 5.53. The van der Waals surface area contributed by atoms with E-state index in [4.69, 9.17) is 4.74 Å². The highest BCUT2D eigenvalue weighted by atomic mass is 16.6. The Bertz CT molecular complexity index is 1030. The highest BCUT2D eigenvalue weighted by Crippen LogP contribution is 2.20. The summed E-state index contributed by atoms with van der Waals surface area (Å²) in [4.78, 5) is 52.8. The van der Waals surface area contributed by atoms with Gasteiger partial charge in [0.15, 0.2) is 0 Å². The number of nitrogens with one attached hydrogen (secondary N) is 2. The average molecular weight is 467 g/mol. The largest absolute Gasteiger partial charge is 0.450 e. The van der Waals surface area contributed by atoms with E-state index in [2.05, 4.69) is 10.6 Å². The zero-order valence-corrected chi connectivity index (χ0v) is 19.5. The predicted molar refractivity (Wildman–Crippen MR) is 129 cm³/mol. The SMILES string of the molecule is CCCC(=O)Nc1ccc(C(=O)Nc2ccccc2C(=O)N2CCN(C(=O)OCC)CC2)cc1. The molecule has 1 heterocycles. The standard InChI is InChI=1S/C25H30N4O5/c1-3-7-22(30)26-19-12-10-18(11-13-19)23(31)27-21-9-6-5-8-20(21)24(32)28-14-16-29(17-15-28)25(33)34-4-2/h5-6,8-13H,3-4,7,14-17H2,1-2H3,(H,26,30)(H,27,31). The van der Waals surface area contributed by atoms with Crippen LogP contribution < -0.4 is 10.6 Å². The number of anilines is 2. The van der Waals surface area contributed by atoms with Crippen LogP contribution in [0.3, 0.4) is 0 Å². The highest BCUT2D eigenvalue weighted by Gasteiger charge is 2.27. The zero-order chi connectivity index (χ0) is 24.5. The van der Waals surface area contributed by atoms with Gasteiger partial charge in [0, 0.05) is 43.9 Å². The van der Waals surface area contributed by atoms with Crippen LogP contribution in [0.4, 0.5) is 16.2 Å². The second-order valence-electron chi connectivity index (χ2n) is 7.85. The Balaban J connectivity index is 1.64. The molecule has 2 aromatic rings. The van der Waals surface area contributed by atoms with Gasteiger partial charge in [-0.1, -0.05) is 19.1 Å². The fourth-order valence-corrected chi connectivity index (χ4v) is 3.61. The minimum absolute atomic E-state index is 0.0739. The molecule has 4 amide bonds. The number of benzene rings is 2. The van der Waals surface area contributed by atoms with E-state index in [-0.39, 0.29) is 23.8 Å². The molecule has 0 bridgehead atoms. The van der Waals surface area contributed by atoms with Crippen LogP contribution in [-0.4, -0.2) is 66.4 Å². The number of hydrogen-bond acceptors (Lipinski definition) is 5. The fourth-order valence-electron chi connectivity index (χ4n) is 3.61. The summed E-state index contributed by atoms with van der Waals surface area (Å²) in [6, 6.07) is 13.4. The maximum atomic E-state index is 13.1. The van der Waals surface area contributed by atoms with Gasteiger partial charge in [0.2, 0.25) is 5.91 Å². The number of carbonyl (C=O) groups is 4. The van der Waals surface area contributed by atoms with Crippen molar-refractivity contribution in [3.63, 3.8) is 0 Å². The summed E-state index contributed by atoms with van der Waals surface area (Å²) in [6.07, 6.45) is 0.814. The first-order valence-corrected chi connectivity index (χ1v) is 11.4. The second-order valence-corrected chi connectivity index (χ2v) is 7.85. The van der Waals surface area contributed by atoms with Crippen LogP contribution in [0.5, 0.6) is 0 Å². The van der Waals surface area contributed by atoms with Crippen LogP contribution in [0.25, 0.3) is 0 Å². The zero-order valence-electron chi connectivity index (χ0n) is 19.5. The van der Waals surface area contributed by atoms with Crippen LogP contribution in [-0.2, 0) is 9.53 Å². The third kappa shape index (κ3) is 6.34. The molecule has 9 heteroatoms. The Morgan fingerprint density at radius 2 is 1.50 bits per heavy atom. The van der Waals surface area contributed by atoms with E-state index in [1.54, 1.807) is 65.3 Å². The van der Waals surface area contributed by atoms with Gasteiger partial charge in [-0.15, -0.1) is 0 Å². The molecule has 0 unspecified atom stereocenters. The fraction of sp³-hybridized carbons (Fsp3) is 0.360. The van der Waals surface area contributed by atoms with Crippen molar-refractivity contribution in [3.05, 3.63) is 59.7 Å². The maximum Gasteiger partial charge on any atom is 0.409 e. The van der Waals surface area contributed by atoms with Crippen LogP contribution >= 0.6 is 0 Å². The molecule has 1 saturated heterocycles. The molecule has 9 nitrogen and oxygen atoms in total. The average Bonchev–Trinajstić information content (AvgIpc) is 2.85. The Hall–Kier alpha value is -3.88.